The number of carbonyl (C=O) groups is 1. The number of rotatable bonds is 5. The molecule has 1 atom stereocenters. The van der Waals surface area contributed by atoms with Crippen molar-refractivity contribution in [1.82, 2.24) is 9.78 Å². The standard InChI is InChI=1S/C23H25ClN2O2/c1-16(27)28-15-21(17-7-3-2-4-8-17)23-20-9-5-6-10-22(20)25-26(23)19-13-11-18(24)12-14-19/h5-6,9-14,17,21H,2-4,7-8,15H2,1H3. The number of carbonyl (C=O) groups excluding carboxylic acids is 1. The molecule has 2 aromatic carbocycles. The molecule has 3 aromatic rings. The molecule has 0 radical (unpaired) electrons. The van der Waals surface area contributed by atoms with Gasteiger partial charge in [0.05, 0.1) is 23.5 Å². The van der Waals surface area contributed by atoms with Gasteiger partial charge < -0.3 is 4.74 Å². The first kappa shape index (κ1) is 19.0. The minimum Gasteiger partial charge on any atom is -0.465 e. The summed E-state index contributed by atoms with van der Waals surface area (Å²) in [5, 5.41) is 6.71. The monoisotopic (exact) mass is 396 g/mol. The van der Waals surface area contributed by atoms with Crippen LogP contribution in [-0.4, -0.2) is 22.4 Å². The maximum absolute atomic E-state index is 11.6. The zero-order valence-corrected chi connectivity index (χ0v) is 16.9. The fraction of sp³-hybridized carbons (Fsp3) is 0.391. The molecule has 1 fully saturated rings. The molecule has 1 heterocycles. The van der Waals surface area contributed by atoms with Crippen molar-refractivity contribution in [2.45, 2.75) is 44.9 Å². The Morgan fingerprint density at radius 3 is 2.57 bits per heavy atom. The second-order valence-corrected chi connectivity index (χ2v) is 8.03. The van der Waals surface area contributed by atoms with E-state index in [0.29, 0.717) is 17.5 Å². The van der Waals surface area contributed by atoms with E-state index in [1.807, 2.05) is 47.1 Å². The van der Waals surface area contributed by atoms with Crippen LogP contribution in [0.3, 0.4) is 0 Å². The Morgan fingerprint density at radius 1 is 1.14 bits per heavy atom. The molecular weight excluding hydrogens is 372 g/mol. The summed E-state index contributed by atoms with van der Waals surface area (Å²) in [4.78, 5) is 11.6. The van der Waals surface area contributed by atoms with E-state index in [-0.39, 0.29) is 11.9 Å². The van der Waals surface area contributed by atoms with Crippen LogP contribution < -0.4 is 0 Å². The molecule has 4 nitrogen and oxygen atoms in total. The number of benzene rings is 2. The molecule has 0 amide bonds. The van der Waals surface area contributed by atoms with Crippen molar-refractivity contribution in [3.63, 3.8) is 0 Å². The van der Waals surface area contributed by atoms with Crippen molar-refractivity contribution >= 4 is 28.5 Å². The average molecular weight is 397 g/mol. The first-order valence-electron chi connectivity index (χ1n) is 10.0. The Hall–Kier alpha value is -2.33. The first-order valence-corrected chi connectivity index (χ1v) is 10.4. The molecule has 0 aliphatic heterocycles. The third kappa shape index (κ3) is 3.93. The van der Waals surface area contributed by atoms with E-state index < -0.39 is 0 Å². The number of halogens is 1. The van der Waals surface area contributed by atoms with Crippen LogP contribution in [0.25, 0.3) is 16.6 Å². The van der Waals surface area contributed by atoms with E-state index in [2.05, 4.69) is 6.07 Å². The first-order chi connectivity index (χ1) is 13.6. The molecule has 5 heteroatoms. The van der Waals surface area contributed by atoms with Crippen LogP contribution in [0.2, 0.25) is 5.02 Å². The van der Waals surface area contributed by atoms with E-state index in [1.54, 1.807) is 0 Å². The fourth-order valence-electron chi connectivity index (χ4n) is 4.37. The zero-order valence-electron chi connectivity index (χ0n) is 16.1. The van der Waals surface area contributed by atoms with Crippen LogP contribution in [0.15, 0.2) is 48.5 Å². The molecule has 1 saturated carbocycles. The molecule has 1 unspecified atom stereocenters. The van der Waals surface area contributed by atoms with Crippen molar-refractivity contribution in [1.29, 1.82) is 0 Å². The molecule has 146 valence electrons. The Balaban J connectivity index is 1.85. The highest BCUT2D eigenvalue weighted by Crippen LogP contribution is 2.40. The lowest BCUT2D eigenvalue weighted by Crippen LogP contribution is -2.24. The van der Waals surface area contributed by atoms with Gasteiger partial charge in [-0.25, -0.2) is 4.68 Å². The smallest absolute Gasteiger partial charge is 0.302 e. The van der Waals surface area contributed by atoms with Gasteiger partial charge in [0.25, 0.3) is 0 Å². The molecule has 4 rings (SSSR count). The third-order valence-corrected chi connectivity index (χ3v) is 5.98. The molecular formula is C23H25ClN2O2. The summed E-state index contributed by atoms with van der Waals surface area (Å²) >= 11 is 6.10. The largest absolute Gasteiger partial charge is 0.465 e. The Morgan fingerprint density at radius 2 is 1.86 bits per heavy atom. The summed E-state index contributed by atoms with van der Waals surface area (Å²) in [7, 11) is 0. The van der Waals surface area contributed by atoms with Gasteiger partial charge in [0.15, 0.2) is 0 Å². The minimum atomic E-state index is -0.234. The zero-order chi connectivity index (χ0) is 19.5. The maximum atomic E-state index is 11.6. The van der Waals surface area contributed by atoms with Crippen LogP contribution in [-0.2, 0) is 9.53 Å². The van der Waals surface area contributed by atoms with Crippen molar-refractivity contribution in [2.24, 2.45) is 5.92 Å². The van der Waals surface area contributed by atoms with Gasteiger partial charge in [-0.3, -0.25) is 4.79 Å². The number of hydrogen-bond acceptors (Lipinski definition) is 3. The number of nitrogens with zero attached hydrogens (tertiary/aromatic N) is 2. The van der Waals surface area contributed by atoms with Crippen LogP contribution in [0.5, 0.6) is 0 Å². The molecule has 1 aromatic heterocycles. The summed E-state index contributed by atoms with van der Waals surface area (Å²) in [5.41, 5.74) is 3.06. The van der Waals surface area contributed by atoms with E-state index in [4.69, 9.17) is 21.4 Å². The van der Waals surface area contributed by atoms with Gasteiger partial charge in [-0.05, 0) is 49.1 Å². The highest BCUT2D eigenvalue weighted by Gasteiger charge is 2.31. The van der Waals surface area contributed by atoms with E-state index in [0.717, 1.165) is 35.1 Å². The van der Waals surface area contributed by atoms with Gasteiger partial charge in [0, 0.05) is 23.3 Å². The third-order valence-electron chi connectivity index (χ3n) is 5.72. The van der Waals surface area contributed by atoms with E-state index >= 15 is 0 Å². The molecule has 0 bridgehead atoms. The number of hydrogen-bond donors (Lipinski definition) is 0. The summed E-state index contributed by atoms with van der Waals surface area (Å²) in [6.07, 6.45) is 6.06. The highest BCUT2D eigenvalue weighted by atomic mass is 35.5. The second kappa shape index (κ2) is 8.36. The van der Waals surface area contributed by atoms with Gasteiger partial charge in [-0.2, -0.15) is 5.10 Å². The van der Waals surface area contributed by atoms with Gasteiger partial charge in [-0.15, -0.1) is 0 Å². The van der Waals surface area contributed by atoms with Gasteiger partial charge in [0.1, 0.15) is 0 Å². The lowest BCUT2D eigenvalue weighted by molar-refractivity contribution is -0.142. The van der Waals surface area contributed by atoms with Gasteiger partial charge in [0.2, 0.25) is 0 Å². The van der Waals surface area contributed by atoms with Crippen LogP contribution in [0, 0.1) is 5.92 Å². The van der Waals surface area contributed by atoms with Crippen molar-refractivity contribution in [2.75, 3.05) is 6.61 Å². The predicted octanol–water partition coefficient (Wildman–Crippen LogP) is 5.91. The Bertz CT molecular complexity index is 958. The lowest BCUT2D eigenvalue weighted by Gasteiger charge is -2.30. The average Bonchev–Trinajstić information content (AvgIpc) is 3.09. The summed E-state index contributed by atoms with van der Waals surface area (Å²) in [6.45, 7) is 1.87. The SMILES string of the molecule is CC(=O)OCC(c1c2ccccc2nn1-c1ccc(Cl)cc1)C1CCCCC1. The Kier molecular flexibility index (Phi) is 5.67. The minimum absolute atomic E-state index is 0.118. The van der Waals surface area contributed by atoms with Crippen molar-refractivity contribution in [3.05, 3.63) is 59.2 Å². The Labute approximate surface area is 170 Å². The molecule has 1 aliphatic rings. The fourth-order valence-corrected chi connectivity index (χ4v) is 4.50. The maximum Gasteiger partial charge on any atom is 0.302 e. The number of fused-ring (bicyclic) bond motifs is 1. The topological polar surface area (TPSA) is 44.1 Å². The lowest BCUT2D eigenvalue weighted by atomic mass is 9.78. The molecule has 1 aliphatic carbocycles. The van der Waals surface area contributed by atoms with E-state index in [1.165, 1.54) is 26.2 Å². The number of esters is 1. The summed E-state index contributed by atoms with van der Waals surface area (Å²) in [6, 6.07) is 15.9. The molecule has 28 heavy (non-hydrogen) atoms. The quantitative estimate of drug-likeness (QED) is 0.504. The van der Waals surface area contributed by atoms with Gasteiger partial charge >= 0.3 is 5.97 Å². The predicted molar refractivity (Wildman–Crippen MR) is 112 cm³/mol. The highest BCUT2D eigenvalue weighted by molar-refractivity contribution is 6.30. The van der Waals surface area contributed by atoms with Crippen LogP contribution >= 0.6 is 11.6 Å². The number of ether oxygens (including phenoxy) is 1. The molecule has 0 spiro atoms. The molecule has 0 saturated heterocycles. The van der Waals surface area contributed by atoms with Crippen molar-refractivity contribution < 1.29 is 9.53 Å². The second-order valence-electron chi connectivity index (χ2n) is 7.60. The van der Waals surface area contributed by atoms with Crippen LogP contribution in [0.1, 0.15) is 50.6 Å². The van der Waals surface area contributed by atoms with Gasteiger partial charge in [-0.1, -0.05) is 49.1 Å². The number of aromatic nitrogens is 2. The summed E-state index contributed by atoms with van der Waals surface area (Å²) < 4.78 is 7.56. The molecule has 0 N–H and O–H groups in total. The van der Waals surface area contributed by atoms with Crippen LogP contribution in [0.4, 0.5) is 0 Å². The normalized spacial score (nSPS) is 16.2. The van der Waals surface area contributed by atoms with E-state index in [9.17, 15) is 4.79 Å². The van der Waals surface area contributed by atoms with Crippen molar-refractivity contribution in [3.8, 4) is 5.69 Å². The summed E-state index contributed by atoms with van der Waals surface area (Å²) in [5.74, 6) is 0.370.